The van der Waals surface area contributed by atoms with Gasteiger partial charge >= 0.3 is 0 Å². The van der Waals surface area contributed by atoms with E-state index in [-0.39, 0.29) is 33.9 Å². The average Bonchev–Trinajstić information content (AvgIpc) is 3.20. The molecule has 268 valence electrons. The largest absolute Gasteiger partial charge is 0.285 e. The molecule has 54 heavy (non-hydrogen) atoms. The number of nitro benzene ring substituents is 4. The molecule has 0 fully saturated rings. The van der Waals surface area contributed by atoms with Gasteiger partial charge in [-0.2, -0.15) is 10.2 Å². The highest BCUT2D eigenvalue weighted by Crippen LogP contribution is 2.29. The van der Waals surface area contributed by atoms with Crippen LogP contribution in [-0.4, -0.2) is 32.1 Å². The number of para-hydroxylation sites is 4. The quantitative estimate of drug-likeness (QED) is 0.0664. The second-order valence-corrected chi connectivity index (χ2v) is 11.0. The molecule has 0 bridgehead atoms. The fourth-order valence-corrected chi connectivity index (χ4v) is 4.91. The van der Waals surface area contributed by atoms with Crippen LogP contribution in [0.15, 0.2) is 168 Å². The predicted molar refractivity (Wildman–Crippen MR) is 205 cm³/mol. The number of anilines is 4. The zero-order valence-electron chi connectivity index (χ0n) is 28.0. The van der Waals surface area contributed by atoms with Crippen LogP contribution in [0.3, 0.4) is 0 Å². The monoisotopic (exact) mass is 724 g/mol. The Morgan fingerprint density at radius 3 is 0.907 bits per heavy atom. The van der Waals surface area contributed by atoms with E-state index in [2.05, 4.69) is 10.2 Å². The van der Waals surface area contributed by atoms with E-state index < -0.39 is 19.7 Å². The first-order chi connectivity index (χ1) is 26.1. The van der Waals surface area contributed by atoms with Crippen molar-refractivity contribution in [1.82, 2.24) is 0 Å². The van der Waals surface area contributed by atoms with Crippen molar-refractivity contribution >= 4 is 57.9 Å². The first-order valence-electron chi connectivity index (χ1n) is 15.9. The van der Waals surface area contributed by atoms with Crippen LogP contribution in [0.5, 0.6) is 0 Å². The Hall–Kier alpha value is -8.14. The molecule has 0 N–H and O–H groups in total. The summed E-state index contributed by atoms with van der Waals surface area (Å²) in [6, 6.07) is 44.1. The molecule has 16 heteroatoms. The molecule has 0 unspecified atom stereocenters. The summed E-state index contributed by atoms with van der Waals surface area (Å²) in [6.45, 7) is 0. The summed E-state index contributed by atoms with van der Waals surface area (Å²) in [6.07, 6.45) is 2.64. The van der Waals surface area contributed by atoms with Crippen molar-refractivity contribution in [3.63, 3.8) is 0 Å². The third-order valence-corrected chi connectivity index (χ3v) is 7.47. The van der Waals surface area contributed by atoms with Crippen LogP contribution in [0.25, 0.3) is 0 Å². The third kappa shape index (κ3) is 9.55. The zero-order valence-corrected chi connectivity index (χ0v) is 28.0. The average molecular weight is 725 g/mol. The highest BCUT2D eigenvalue weighted by atomic mass is 16.6. The van der Waals surface area contributed by atoms with Gasteiger partial charge in [-0.1, -0.05) is 72.8 Å². The fraction of sp³-hybridized carbons (Fsp3) is 0. The maximum atomic E-state index is 11.3. The lowest BCUT2D eigenvalue weighted by Gasteiger charge is -2.19. The van der Waals surface area contributed by atoms with Crippen LogP contribution < -0.4 is 10.0 Å². The van der Waals surface area contributed by atoms with Gasteiger partial charge in [0.25, 0.3) is 22.7 Å². The van der Waals surface area contributed by atoms with Gasteiger partial charge in [0.1, 0.15) is 0 Å². The highest BCUT2D eigenvalue weighted by molar-refractivity contribution is 5.88. The van der Waals surface area contributed by atoms with Crippen molar-refractivity contribution in [3.8, 4) is 0 Å². The van der Waals surface area contributed by atoms with Crippen LogP contribution in [-0.2, 0) is 0 Å². The molecule has 0 atom stereocenters. The smallest absolute Gasteiger partial charge is 0.258 e. The lowest BCUT2D eigenvalue weighted by Crippen LogP contribution is -2.09. The van der Waals surface area contributed by atoms with E-state index in [0.717, 1.165) is 34.9 Å². The van der Waals surface area contributed by atoms with Gasteiger partial charge in [-0.3, -0.25) is 40.5 Å². The second-order valence-electron chi connectivity index (χ2n) is 11.0. The molecule has 0 amide bonds. The minimum atomic E-state index is -0.672. The van der Waals surface area contributed by atoms with Gasteiger partial charge in [-0.15, -0.1) is 0 Å². The van der Waals surface area contributed by atoms with Gasteiger partial charge < -0.3 is 0 Å². The number of nitrogens with zero attached hydrogens (tertiary/aromatic N) is 8. The summed E-state index contributed by atoms with van der Waals surface area (Å²) in [5, 5.41) is 56.3. The number of non-ortho nitro benzene ring substituents is 2. The molecule has 0 saturated carbocycles. The topological polar surface area (TPSA) is 204 Å². The number of nitro groups is 4. The van der Waals surface area contributed by atoms with Gasteiger partial charge in [-0.25, -0.2) is 10.0 Å². The minimum Gasteiger partial charge on any atom is -0.258 e. The maximum absolute atomic E-state index is 11.3. The van der Waals surface area contributed by atoms with Gasteiger partial charge in [0.2, 0.25) is 0 Å². The van der Waals surface area contributed by atoms with Gasteiger partial charge in [0, 0.05) is 12.1 Å². The SMILES string of the molecule is O=[N+]([O-])c1ccc(/C=N/N(c2ccccc2)c2ccccc2)c([N+](=O)[O-])c1.O=[N+]([O-])c1ccc(/C=N/N(c2ccccc2)c2ccccc2)c([N+](=O)[O-])c1. The van der Waals surface area contributed by atoms with Crippen LogP contribution in [0, 0.1) is 40.5 Å². The molecule has 0 radical (unpaired) electrons. The maximum Gasteiger partial charge on any atom is 0.285 e. The summed E-state index contributed by atoms with van der Waals surface area (Å²) < 4.78 is 0. The summed E-state index contributed by atoms with van der Waals surface area (Å²) in [4.78, 5) is 41.6. The van der Waals surface area contributed by atoms with E-state index in [1.807, 2.05) is 121 Å². The van der Waals surface area contributed by atoms with Crippen molar-refractivity contribution in [2.75, 3.05) is 10.0 Å². The Morgan fingerprint density at radius 2 is 0.667 bits per heavy atom. The normalized spacial score (nSPS) is 10.7. The summed E-state index contributed by atoms with van der Waals surface area (Å²) in [5.41, 5.74) is 1.96. The Kier molecular flexibility index (Phi) is 12.2. The van der Waals surface area contributed by atoms with Crippen molar-refractivity contribution in [2.24, 2.45) is 10.2 Å². The van der Waals surface area contributed by atoms with E-state index in [4.69, 9.17) is 0 Å². The molecule has 0 aliphatic carbocycles. The zero-order chi connectivity index (χ0) is 38.5. The fourth-order valence-electron chi connectivity index (χ4n) is 4.91. The first-order valence-corrected chi connectivity index (χ1v) is 15.9. The molecular formula is C38H28N8O8. The molecule has 0 aliphatic rings. The highest BCUT2D eigenvalue weighted by Gasteiger charge is 2.20. The summed E-state index contributed by atoms with van der Waals surface area (Å²) in [5.74, 6) is 0. The Balaban J connectivity index is 0.000000208. The summed E-state index contributed by atoms with van der Waals surface area (Å²) in [7, 11) is 0. The molecule has 6 aromatic rings. The second kappa shape index (κ2) is 17.7. The van der Waals surface area contributed by atoms with Gasteiger partial charge in [0.15, 0.2) is 0 Å². The van der Waals surface area contributed by atoms with Crippen molar-refractivity contribution in [2.45, 2.75) is 0 Å². The number of hydrazone groups is 2. The van der Waals surface area contributed by atoms with E-state index in [1.165, 1.54) is 36.7 Å². The van der Waals surface area contributed by atoms with Crippen LogP contribution in [0.1, 0.15) is 11.1 Å². The van der Waals surface area contributed by atoms with Crippen LogP contribution in [0.4, 0.5) is 45.5 Å². The molecular weight excluding hydrogens is 696 g/mol. The standard InChI is InChI=1S/2C19H14N4O4/c2*24-22(25)18-12-11-15(19(13-18)23(26)27)14-20-21(16-7-3-1-4-8-16)17-9-5-2-6-10-17/h2*1-14H/b2*20-14+. The molecule has 6 aromatic carbocycles. The van der Waals surface area contributed by atoms with E-state index in [0.29, 0.717) is 0 Å². The van der Waals surface area contributed by atoms with Gasteiger partial charge in [0.05, 0.1) is 78.1 Å². The molecule has 16 nitrogen and oxygen atoms in total. The number of rotatable bonds is 12. The molecule has 0 aliphatic heterocycles. The van der Waals surface area contributed by atoms with Crippen molar-refractivity contribution in [1.29, 1.82) is 0 Å². The lowest BCUT2D eigenvalue weighted by atomic mass is 10.2. The Labute approximate surface area is 306 Å². The minimum absolute atomic E-state index is 0.169. The first kappa shape index (κ1) is 37.1. The van der Waals surface area contributed by atoms with Crippen molar-refractivity contribution < 1.29 is 19.7 Å². The molecule has 0 saturated heterocycles. The number of hydrogen-bond donors (Lipinski definition) is 0. The van der Waals surface area contributed by atoms with E-state index in [9.17, 15) is 40.5 Å². The molecule has 0 spiro atoms. The van der Waals surface area contributed by atoms with E-state index >= 15 is 0 Å². The number of benzene rings is 6. The van der Waals surface area contributed by atoms with Crippen LogP contribution >= 0.6 is 0 Å². The third-order valence-electron chi connectivity index (χ3n) is 7.47. The summed E-state index contributed by atoms with van der Waals surface area (Å²) >= 11 is 0. The molecule has 6 rings (SSSR count). The Bertz CT molecular complexity index is 2070. The molecule has 0 aromatic heterocycles. The van der Waals surface area contributed by atoms with Crippen molar-refractivity contribution in [3.05, 3.63) is 209 Å². The van der Waals surface area contributed by atoms with E-state index in [1.54, 1.807) is 10.0 Å². The predicted octanol–water partition coefficient (Wildman–Crippen LogP) is 9.35. The Morgan fingerprint density at radius 1 is 0.389 bits per heavy atom. The lowest BCUT2D eigenvalue weighted by molar-refractivity contribution is -0.394. The van der Waals surface area contributed by atoms with Crippen LogP contribution in [0.2, 0.25) is 0 Å². The molecule has 0 heterocycles. The number of hydrogen-bond acceptors (Lipinski definition) is 12. The van der Waals surface area contributed by atoms with Gasteiger partial charge in [-0.05, 0) is 60.7 Å².